The lowest BCUT2D eigenvalue weighted by Gasteiger charge is -2.40. The van der Waals surface area contributed by atoms with Gasteiger partial charge in [0, 0.05) is 5.02 Å². The molecular formula is C21H23ClN2O3. The van der Waals surface area contributed by atoms with Crippen LogP contribution in [0.2, 0.25) is 5.02 Å². The van der Waals surface area contributed by atoms with E-state index in [2.05, 4.69) is 10.9 Å². The molecule has 2 N–H and O–H groups in total. The summed E-state index contributed by atoms with van der Waals surface area (Å²) in [4.78, 5) is 24.8. The van der Waals surface area contributed by atoms with Gasteiger partial charge in [-0.15, -0.1) is 0 Å². The summed E-state index contributed by atoms with van der Waals surface area (Å²) in [5.74, 6) is 0.0408. The number of carbonyl (C=O) groups excluding carboxylic acids is 2. The number of ether oxygens (including phenoxy) is 1. The molecule has 1 aliphatic rings. The number of aryl methyl sites for hydroxylation is 2. The first-order chi connectivity index (χ1) is 12.9. The van der Waals surface area contributed by atoms with Gasteiger partial charge in [-0.2, -0.15) is 0 Å². The molecule has 6 heteroatoms. The van der Waals surface area contributed by atoms with Crippen LogP contribution in [0.1, 0.15) is 36.0 Å². The Bertz CT molecular complexity index is 845. The van der Waals surface area contributed by atoms with Crippen LogP contribution in [0, 0.1) is 13.8 Å². The summed E-state index contributed by atoms with van der Waals surface area (Å²) in [6, 6.07) is 13.1. The van der Waals surface area contributed by atoms with Crippen molar-refractivity contribution in [1.29, 1.82) is 0 Å². The largest absolute Gasteiger partial charge is 0.483 e. The van der Waals surface area contributed by atoms with E-state index >= 15 is 0 Å². The van der Waals surface area contributed by atoms with E-state index in [0.717, 1.165) is 36.0 Å². The van der Waals surface area contributed by atoms with Crippen LogP contribution in [-0.2, 0) is 15.0 Å². The number of halogens is 1. The predicted molar refractivity (Wildman–Crippen MR) is 105 cm³/mol. The van der Waals surface area contributed by atoms with Crippen LogP contribution in [0.4, 0.5) is 0 Å². The van der Waals surface area contributed by atoms with E-state index in [0.29, 0.717) is 10.8 Å². The van der Waals surface area contributed by atoms with Crippen molar-refractivity contribution in [1.82, 2.24) is 10.9 Å². The number of hydrogen-bond acceptors (Lipinski definition) is 3. The minimum absolute atomic E-state index is 0.168. The summed E-state index contributed by atoms with van der Waals surface area (Å²) in [6.07, 6.45) is 2.46. The van der Waals surface area contributed by atoms with Gasteiger partial charge in [-0.3, -0.25) is 20.4 Å². The lowest BCUT2D eigenvalue weighted by atomic mass is 9.64. The van der Waals surface area contributed by atoms with Crippen molar-refractivity contribution in [2.24, 2.45) is 0 Å². The fourth-order valence-electron chi connectivity index (χ4n) is 3.23. The van der Waals surface area contributed by atoms with E-state index < -0.39 is 11.3 Å². The maximum Gasteiger partial charge on any atom is 0.276 e. The molecule has 142 valence electrons. The maximum atomic E-state index is 12.7. The highest BCUT2D eigenvalue weighted by Crippen LogP contribution is 2.44. The standard InChI is InChI=1S/C21H23ClN2O3/c1-14-4-5-15(2)18(12-14)27-13-19(25)23-24-20(26)21(10-3-11-21)16-6-8-17(22)9-7-16/h4-9,12H,3,10-11,13H2,1-2H3,(H,23,25)(H,24,26). The molecule has 3 rings (SSSR count). The zero-order valence-corrected chi connectivity index (χ0v) is 16.2. The molecule has 2 amide bonds. The summed E-state index contributed by atoms with van der Waals surface area (Å²) in [5, 5.41) is 0.630. The highest BCUT2D eigenvalue weighted by Gasteiger charge is 2.45. The van der Waals surface area contributed by atoms with Gasteiger partial charge < -0.3 is 4.74 Å². The van der Waals surface area contributed by atoms with E-state index in [9.17, 15) is 9.59 Å². The number of rotatable bonds is 5. The minimum atomic E-state index is -0.605. The molecule has 27 heavy (non-hydrogen) atoms. The Kier molecular flexibility index (Phi) is 5.71. The first-order valence-electron chi connectivity index (χ1n) is 8.96. The van der Waals surface area contributed by atoms with Crippen LogP contribution in [0.5, 0.6) is 5.75 Å². The normalized spacial score (nSPS) is 14.8. The van der Waals surface area contributed by atoms with Crippen molar-refractivity contribution in [3.63, 3.8) is 0 Å². The molecule has 0 aromatic heterocycles. The van der Waals surface area contributed by atoms with Crippen molar-refractivity contribution >= 4 is 23.4 Å². The molecule has 1 saturated carbocycles. The van der Waals surface area contributed by atoms with Crippen LogP contribution in [0.25, 0.3) is 0 Å². The molecule has 0 bridgehead atoms. The smallest absolute Gasteiger partial charge is 0.276 e. The summed E-state index contributed by atoms with van der Waals surface area (Å²) < 4.78 is 5.56. The Balaban J connectivity index is 1.55. The second-order valence-electron chi connectivity index (χ2n) is 7.00. The second kappa shape index (κ2) is 8.01. The Hall–Kier alpha value is -2.53. The molecule has 0 radical (unpaired) electrons. The first kappa shape index (κ1) is 19.2. The Labute approximate surface area is 164 Å². The molecule has 0 spiro atoms. The van der Waals surface area contributed by atoms with Crippen molar-refractivity contribution < 1.29 is 14.3 Å². The molecule has 5 nitrogen and oxygen atoms in total. The molecule has 1 fully saturated rings. The van der Waals surface area contributed by atoms with E-state index in [1.165, 1.54) is 0 Å². The van der Waals surface area contributed by atoms with Gasteiger partial charge in [0.25, 0.3) is 5.91 Å². The fraction of sp³-hybridized carbons (Fsp3) is 0.333. The number of hydrogen-bond donors (Lipinski definition) is 2. The van der Waals surface area contributed by atoms with Gasteiger partial charge in [0.1, 0.15) is 5.75 Å². The molecular weight excluding hydrogens is 364 g/mol. The number of hydrazine groups is 1. The molecule has 0 heterocycles. The average molecular weight is 387 g/mol. The fourth-order valence-corrected chi connectivity index (χ4v) is 3.36. The number of benzene rings is 2. The van der Waals surface area contributed by atoms with E-state index in [1.54, 1.807) is 12.1 Å². The summed E-state index contributed by atoms with van der Waals surface area (Å²) in [6.45, 7) is 3.71. The maximum absolute atomic E-state index is 12.7. The molecule has 0 saturated heterocycles. The van der Waals surface area contributed by atoms with Gasteiger partial charge in [0.05, 0.1) is 5.41 Å². The second-order valence-corrected chi connectivity index (χ2v) is 7.44. The number of amides is 2. The van der Waals surface area contributed by atoms with E-state index in [1.807, 2.05) is 44.2 Å². The zero-order valence-electron chi connectivity index (χ0n) is 15.5. The molecule has 0 aliphatic heterocycles. The lowest BCUT2D eigenvalue weighted by Crippen LogP contribution is -2.55. The molecule has 0 atom stereocenters. The quantitative estimate of drug-likeness (QED) is 0.771. The van der Waals surface area contributed by atoms with Gasteiger partial charge in [-0.05, 0) is 61.6 Å². The predicted octanol–water partition coefficient (Wildman–Crippen LogP) is 3.60. The SMILES string of the molecule is Cc1ccc(C)c(OCC(=O)NNC(=O)C2(c3ccc(Cl)cc3)CCC2)c1. The van der Waals surface area contributed by atoms with Crippen molar-refractivity contribution in [3.05, 3.63) is 64.2 Å². The Morgan fingerprint density at radius 2 is 1.78 bits per heavy atom. The number of nitrogens with one attached hydrogen (secondary N) is 2. The van der Waals surface area contributed by atoms with Gasteiger partial charge in [-0.1, -0.05) is 42.3 Å². The lowest BCUT2D eigenvalue weighted by molar-refractivity contribution is -0.135. The Morgan fingerprint density at radius 3 is 2.41 bits per heavy atom. The van der Waals surface area contributed by atoms with Gasteiger partial charge in [0.2, 0.25) is 5.91 Å². The monoisotopic (exact) mass is 386 g/mol. The van der Waals surface area contributed by atoms with Crippen molar-refractivity contribution in [2.45, 2.75) is 38.5 Å². The van der Waals surface area contributed by atoms with Crippen LogP contribution in [-0.4, -0.2) is 18.4 Å². The van der Waals surface area contributed by atoms with Gasteiger partial charge in [0.15, 0.2) is 6.61 Å². The molecule has 1 aliphatic carbocycles. The number of carbonyl (C=O) groups is 2. The van der Waals surface area contributed by atoms with Crippen LogP contribution >= 0.6 is 11.6 Å². The third kappa shape index (κ3) is 4.25. The summed E-state index contributed by atoms with van der Waals surface area (Å²) in [5.41, 5.74) is 7.32. The zero-order chi connectivity index (χ0) is 19.4. The third-order valence-electron chi connectivity index (χ3n) is 5.06. The minimum Gasteiger partial charge on any atom is -0.483 e. The molecule has 2 aromatic rings. The van der Waals surface area contributed by atoms with E-state index in [4.69, 9.17) is 16.3 Å². The van der Waals surface area contributed by atoms with Crippen LogP contribution in [0.3, 0.4) is 0 Å². The van der Waals surface area contributed by atoms with Crippen LogP contribution < -0.4 is 15.6 Å². The van der Waals surface area contributed by atoms with Crippen molar-refractivity contribution in [3.8, 4) is 5.75 Å². The highest BCUT2D eigenvalue weighted by molar-refractivity contribution is 6.30. The topological polar surface area (TPSA) is 67.4 Å². The summed E-state index contributed by atoms with van der Waals surface area (Å²) >= 11 is 5.94. The first-order valence-corrected chi connectivity index (χ1v) is 9.34. The summed E-state index contributed by atoms with van der Waals surface area (Å²) in [7, 11) is 0. The molecule has 2 aromatic carbocycles. The highest BCUT2D eigenvalue weighted by atomic mass is 35.5. The average Bonchev–Trinajstić information content (AvgIpc) is 2.61. The third-order valence-corrected chi connectivity index (χ3v) is 5.31. The van der Waals surface area contributed by atoms with Gasteiger partial charge in [-0.25, -0.2) is 0 Å². The van der Waals surface area contributed by atoms with Crippen molar-refractivity contribution in [2.75, 3.05) is 6.61 Å². The van der Waals surface area contributed by atoms with E-state index in [-0.39, 0.29) is 12.5 Å². The Morgan fingerprint density at radius 1 is 1.07 bits per heavy atom. The molecule has 0 unspecified atom stereocenters. The van der Waals surface area contributed by atoms with Crippen LogP contribution in [0.15, 0.2) is 42.5 Å². The van der Waals surface area contributed by atoms with Gasteiger partial charge >= 0.3 is 0 Å².